The van der Waals surface area contributed by atoms with Gasteiger partial charge in [0.15, 0.2) is 5.78 Å². The van der Waals surface area contributed by atoms with Crippen molar-refractivity contribution in [3.63, 3.8) is 0 Å². The minimum absolute atomic E-state index is 0.0273. The summed E-state index contributed by atoms with van der Waals surface area (Å²) >= 11 is 0. The summed E-state index contributed by atoms with van der Waals surface area (Å²) in [5.74, 6) is -0.200. The Morgan fingerprint density at radius 3 is 2.32 bits per heavy atom. The van der Waals surface area contributed by atoms with E-state index >= 15 is 0 Å². The van der Waals surface area contributed by atoms with Gasteiger partial charge in [-0.2, -0.15) is 0 Å². The molecule has 0 spiro atoms. The molecule has 25 heavy (non-hydrogen) atoms. The van der Waals surface area contributed by atoms with E-state index in [1.165, 1.54) is 12.5 Å². The van der Waals surface area contributed by atoms with E-state index in [1.807, 2.05) is 46.1 Å². The number of H-pyrrole nitrogens is 1. The number of hydrogen-bond acceptors (Lipinski definition) is 3. The molecule has 2 rings (SSSR count). The van der Waals surface area contributed by atoms with Crippen LogP contribution in [0, 0.1) is 13.8 Å². The number of nitrogens with one attached hydrogen (secondary N) is 2. The monoisotopic (exact) mass is 341 g/mol. The third-order valence-corrected chi connectivity index (χ3v) is 4.56. The molecule has 134 valence electrons. The van der Waals surface area contributed by atoms with Crippen LogP contribution in [0.25, 0.3) is 0 Å². The first kappa shape index (κ1) is 18.9. The molecular formula is C20H27N3O2. The third kappa shape index (κ3) is 4.57. The number of ketones is 1. The molecule has 2 N–H and O–H groups in total. The molecule has 0 aliphatic rings. The van der Waals surface area contributed by atoms with Crippen LogP contribution >= 0.6 is 0 Å². The van der Waals surface area contributed by atoms with Crippen molar-refractivity contribution in [3.8, 4) is 0 Å². The maximum absolute atomic E-state index is 12.6. The van der Waals surface area contributed by atoms with E-state index in [4.69, 9.17) is 0 Å². The van der Waals surface area contributed by atoms with E-state index in [9.17, 15) is 9.59 Å². The molecule has 1 atom stereocenters. The Bertz CT molecular complexity index is 748. The fourth-order valence-corrected chi connectivity index (χ4v) is 3.13. The highest BCUT2D eigenvalue weighted by Crippen LogP contribution is 2.18. The van der Waals surface area contributed by atoms with E-state index in [-0.39, 0.29) is 17.7 Å². The summed E-state index contributed by atoms with van der Waals surface area (Å²) in [7, 11) is 4.02. The molecule has 2 aromatic rings. The van der Waals surface area contributed by atoms with E-state index in [0.717, 1.165) is 12.1 Å². The zero-order valence-electron chi connectivity index (χ0n) is 15.6. The standard InChI is InChI=1S/C20H27N3O2/c1-13-18(15(3)24)14(2)22-19(13)20(25)21-12-17(23(4)5)11-16-9-7-6-8-10-16/h6-10,17,22H,11-12H2,1-5H3,(H,21,25)/t17-/m0/s1. The van der Waals surface area contributed by atoms with Crippen molar-refractivity contribution < 1.29 is 9.59 Å². The van der Waals surface area contributed by atoms with Crippen LogP contribution in [0.1, 0.15) is 44.6 Å². The Hall–Kier alpha value is -2.40. The number of nitrogens with zero attached hydrogens (tertiary/aromatic N) is 1. The van der Waals surface area contributed by atoms with Crippen LogP contribution < -0.4 is 5.32 Å². The molecule has 0 unspecified atom stereocenters. The number of aromatic nitrogens is 1. The lowest BCUT2D eigenvalue weighted by Crippen LogP contribution is -2.41. The summed E-state index contributed by atoms with van der Waals surface area (Å²) < 4.78 is 0. The van der Waals surface area contributed by atoms with Gasteiger partial charge in [0.1, 0.15) is 5.69 Å². The average Bonchev–Trinajstić information content (AvgIpc) is 2.86. The zero-order chi connectivity index (χ0) is 18.6. The normalized spacial score (nSPS) is 12.2. The van der Waals surface area contributed by atoms with Gasteiger partial charge in [-0.1, -0.05) is 30.3 Å². The smallest absolute Gasteiger partial charge is 0.268 e. The largest absolute Gasteiger partial charge is 0.354 e. The number of likely N-dealkylation sites (N-methyl/N-ethyl adjacent to an activating group) is 1. The van der Waals surface area contributed by atoms with Gasteiger partial charge in [0, 0.05) is 23.8 Å². The third-order valence-electron chi connectivity index (χ3n) is 4.56. The first-order chi connectivity index (χ1) is 11.8. The van der Waals surface area contributed by atoms with Crippen molar-refractivity contribution in [1.82, 2.24) is 15.2 Å². The van der Waals surface area contributed by atoms with Crippen LogP contribution in [0.2, 0.25) is 0 Å². The van der Waals surface area contributed by atoms with Gasteiger partial charge in [0.2, 0.25) is 0 Å². The van der Waals surface area contributed by atoms with E-state index in [2.05, 4.69) is 27.3 Å². The molecule has 0 fully saturated rings. The number of carbonyl (C=O) groups excluding carboxylic acids is 2. The number of Topliss-reactive ketones (excluding diaryl/α,β-unsaturated/α-hetero) is 1. The highest BCUT2D eigenvalue weighted by molar-refractivity contribution is 6.02. The van der Waals surface area contributed by atoms with Crippen molar-refractivity contribution in [3.05, 3.63) is 58.4 Å². The quantitative estimate of drug-likeness (QED) is 0.761. The number of carbonyl (C=O) groups is 2. The molecule has 1 aromatic carbocycles. The molecule has 5 nitrogen and oxygen atoms in total. The molecule has 0 saturated heterocycles. The fraction of sp³-hybridized carbons (Fsp3) is 0.400. The van der Waals surface area contributed by atoms with Crippen LogP contribution in [0.15, 0.2) is 30.3 Å². The number of benzene rings is 1. The molecule has 1 amide bonds. The maximum Gasteiger partial charge on any atom is 0.268 e. The number of amides is 1. The van der Waals surface area contributed by atoms with Crippen molar-refractivity contribution in [2.24, 2.45) is 0 Å². The maximum atomic E-state index is 12.6. The summed E-state index contributed by atoms with van der Waals surface area (Å²) in [6.45, 7) is 5.68. The second-order valence-corrected chi connectivity index (χ2v) is 6.70. The van der Waals surface area contributed by atoms with Gasteiger partial charge in [-0.25, -0.2) is 0 Å². The predicted molar refractivity (Wildman–Crippen MR) is 100 cm³/mol. The molecule has 0 saturated carbocycles. The molecule has 0 radical (unpaired) electrons. The lowest BCUT2D eigenvalue weighted by molar-refractivity contribution is 0.0936. The highest BCUT2D eigenvalue weighted by atomic mass is 16.2. The highest BCUT2D eigenvalue weighted by Gasteiger charge is 2.21. The van der Waals surface area contributed by atoms with Gasteiger partial charge in [-0.15, -0.1) is 0 Å². The van der Waals surface area contributed by atoms with Crippen molar-refractivity contribution >= 4 is 11.7 Å². The van der Waals surface area contributed by atoms with E-state index < -0.39 is 0 Å². The number of rotatable bonds is 7. The topological polar surface area (TPSA) is 65.2 Å². The Labute approximate surface area is 149 Å². The fourth-order valence-electron chi connectivity index (χ4n) is 3.13. The first-order valence-electron chi connectivity index (χ1n) is 8.50. The van der Waals surface area contributed by atoms with Crippen LogP contribution in [0.3, 0.4) is 0 Å². The Kier molecular flexibility index (Phi) is 6.15. The van der Waals surface area contributed by atoms with E-state index in [1.54, 1.807) is 0 Å². The molecule has 5 heteroatoms. The van der Waals surface area contributed by atoms with Gasteiger partial charge in [0.25, 0.3) is 5.91 Å². The summed E-state index contributed by atoms with van der Waals surface area (Å²) in [4.78, 5) is 29.4. The predicted octanol–water partition coefficient (Wildman–Crippen LogP) is 2.74. The minimum Gasteiger partial charge on any atom is -0.354 e. The molecule has 0 bridgehead atoms. The van der Waals surface area contributed by atoms with E-state index in [0.29, 0.717) is 23.4 Å². The van der Waals surface area contributed by atoms with Crippen LogP contribution in [-0.4, -0.2) is 48.3 Å². The number of aryl methyl sites for hydroxylation is 1. The molecular weight excluding hydrogens is 314 g/mol. The lowest BCUT2D eigenvalue weighted by Gasteiger charge is -2.24. The van der Waals surface area contributed by atoms with Crippen LogP contribution in [-0.2, 0) is 6.42 Å². The molecule has 0 aliphatic heterocycles. The minimum atomic E-state index is -0.173. The van der Waals surface area contributed by atoms with Crippen LogP contribution in [0.4, 0.5) is 0 Å². The van der Waals surface area contributed by atoms with Gasteiger partial charge in [0.05, 0.1) is 0 Å². The van der Waals surface area contributed by atoms with Crippen molar-refractivity contribution in [2.75, 3.05) is 20.6 Å². The number of aromatic amines is 1. The van der Waals surface area contributed by atoms with Gasteiger partial charge in [-0.05, 0) is 52.4 Å². The van der Waals surface area contributed by atoms with Crippen molar-refractivity contribution in [1.29, 1.82) is 0 Å². The zero-order valence-corrected chi connectivity index (χ0v) is 15.6. The lowest BCUT2D eigenvalue weighted by atomic mass is 10.0. The van der Waals surface area contributed by atoms with Gasteiger partial charge in [-0.3, -0.25) is 9.59 Å². The number of hydrogen-bond donors (Lipinski definition) is 2. The van der Waals surface area contributed by atoms with Gasteiger partial charge >= 0.3 is 0 Å². The Morgan fingerprint density at radius 1 is 1.16 bits per heavy atom. The molecule has 0 aliphatic carbocycles. The van der Waals surface area contributed by atoms with Crippen LogP contribution in [0.5, 0.6) is 0 Å². The Balaban J connectivity index is 2.07. The Morgan fingerprint density at radius 2 is 1.80 bits per heavy atom. The van der Waals surface area contributed by atoms with Gasteiger partial charge < -0.3 is 15.2 Å². The SMILES string of the molecule is CC(=O)c1c(C)[nH]c(C(=O)NC[C@H](Cc2ccccc2)N(C)C)c1C. The summed E-state index contributed by atoms with van der Waals surface area (Å²) in [5, 5.41) is 3.00. The second-order valence-electron chi connectivity index (χ2n) is 6.70. The summed E-state index contributed by atoms with van der Waals surface area (Å²) in [5.41, 5.74) is 3.77. The van der Waals surface area contributed by atoms with Crippen molar-refractivity contribution in [2.45, 2.75) is 33.2 Å². The first-order valence-corrected chi connectivity index (χ1v) is 8.50. The second kappa shape index (κ2) is 8.12. The molecule has 1 heterocycles. The summed E-state index contributed by atoms with van der Waals surface area (Å²) in [6.07, 6.45) is 0.857. The average molecular weight is 341 g/mol. The summed E-state index contributed by atoms with van der Waals surface area (Å²) in [6, 6.07) is 10.4. The molecule has 1 aromatic heterocycles.